The maximum atomic E-state index is 11.9. The molecule has 1 unspecified atom stereocenters. The van der Waals surface area contributed by atoms with E-state index in [4.69, 9.17) is 9.47 Å². The highest BCUT2D eigenvalue weighted by molar-refractivity contribution is 5.85. The van der Waals surface area contributed by atoms with Crippen LogP contribution in [0.15, 0.2) is 18.2 Å². The van der Waals surface area contributed by atoms with E-state index in [-0.39, 0.29) is 17.4 Å². The minimum absolute atomic E-state index is 0.000425. The van der Waals surface area contributed by atoms with E-state index in [1.807, 2.05) is 32.9 Å². The molecule has 0 heterocycles. The molecule has 0 radical (unpaired) electrons. The number of amides is 1. The molecule has 5 nitrogen and oxygen atoms in total. The van der Waals surface area contributed by atoms with Crippen molar-refractivity contribution >= 4 is 11.8 Å². The van der Waals surface area contributed by atoms with Crippen molar-refractivity contribution in [1.29, 1.82) is 0 Å². The number of hydrogen-bond donors (Lipinski definition) is 2. The SMILES string of the molecule is COc1ccc(NC(=O)OC(C)(C)C)cc1C1(CO)CC1(C)C. The molecule has 1 aliphatic carbocycles. The molecule has 2 N–H and O–H groups in total. The highest BCUT2D eigenvalue weighted by Crippen LogP contribution is 2.65. The fourth-order valence-corrected chi connectivity index (χ4v) is 3.11. The number of aliphatic hydroxyl groups excluding tert-OH is 1. The topological polar surface area (TPSA) is 67.8 Å². The lowest BCUT2D eigenvalue weighted by Crippen LogP contribution is -2.27. The van der Waals surface area contributed by atoms with Crippen LogP contribution in [-0.4, -0.2) is 30.5 Å². The molecular weight excluding hydrogens is 294 g/mol. The predicted molar refractivity (Wildman–Crippen MR) is 90.0 cm³/mol. The highest BCUT2D eigenvalue weighted by Gasteiger charge is 2.62. The molecule has 1 aliphatic rings. The van der Waals surface area contributed by atoms with Gasteiger partial charge in [0.1, 0.15) is 11.4 Å². The van der Waals surface area contributed by atoms with Crippen molar-refractivity contribution in [3.63, 3.8) is 0 Å². The van der Waals surface area contributed by atoms with E-state index in [9.17, 15) is 9.90 Å². The lowest BCUT2D eigenvalue weighted by molar-refractivity contribution is 0.0636. The number of benzene rings is 1. The summed E-state index contributed by atoms with van der Waals surface area (Å²) in [4.78, 5) is 11.9. The number of hydrogen-bond acceptors (Lipinski definition) is 4. The van der Waals surface area contributed by atoms with E-state index in [0.717, 1.165) is 17.7 Å². The highest BCUT2D eigenvalue weighted by atomic mass is 16.6. The zero-order valence-corrected chi connectivity index (χ0v) is 14.8. The minimum atomic E-state index is -0.551. The van der Waals surface area contributed by atoms with Gasteiger partial charge in [-0.25, -0.2) is 4.79 Å². The van der Waals surface area contributed by atoms with Gasteiger partial charge in [0.25, 0.3) is 0 Å². The lowest BCUT2D eigenvalue weighted by Gasteiger charge is -2.23. The number of aliphatic hydroxyl groups is 1. The van der Waals surface area contributed by atoms with Gasteiger partial charge in [-0.3, -0.25) is 5.32 Å². The van der Waals surface area contributed by atoms with Gasteiger partial charge in [0, 0.05) is 16.7 Å². The third-order valence-corrected chi connectivity index (χ3v) is 4.54. The van der Waals surface area contributed by atoms with Crippen molar-refractivity contribution in [3.05, 3.63) is 23.8 Å². The number of methoxy groups -OCH3 is 1. The van der Waals surface area contributed by atoms with E-state index >= 15 is 0 Å². The number of rotatable bonds is 4. The zero-order valence-electron chi connectivity index (χ0n) is 14.8. The average Bonchev–Trinajstić information content (AvgIpc) is 2.99. The molecule has 0 aliphatic heterocycles. The Morgan fingerprint density at radius 3 is 2.39 bits per heavy atom. The molecular formula is C18H27NO4. The molecule has 1 fully saturated rings. The van der Waals surface area contributed by atoms with Crippen LogP contribution in [0.5, 0.6) is 5.75 Å². The van der Waals surface area contributed by atoms with Gasteiger partial charge in [-0.2, -0.15) is 0 Å². The van der Waals surface area contributed by atoms with Crippen LogP contribution in [0, 0.1) is 5.41 Å². The summed E-state index contributed by atoms with van der Waals surface area (Å²) < 4.78 is 10.7. The van der Waals surface area contributed by atoms with Crippen molar-refractivity contribution in [2.45, 2.75) is 52.1 Å². The van der Waals surface area contributed by atoms with Gasteiger partial charge in [0.2, 0.25) is 0 Å². The van der Waals surface area contributed by atoms with Gasteiger partial charge in [-0.05, 0) is 50.8 Å². The maximum Gasteiger partial charge on any atom is 0.412 e. The van der Waals surface area contributed by atoms with Crippen LogP contribution in [-0.2, 0) is 10.2 Å². The molecule has 0 bridgehead atoms. The number of ether oxygens (including phenoxy) is 2. The summed E-state index contributed by atoms with van der Waals surface area (Å²) in [7, 11) is 1.61. The summed E-state index contributed by atoms with van der Waals surface area (Å²) in [5.74, 6) is 0.722. The average molecular weight is 321 g/mol. The summed E-state index contributed by atoms with van der Waals surface area (Å²) >= 11 is 0. The van der Waals surface area contributed by atoms with E-state index in [0.29, 0.717) is 5.69 Å². The Morgan fingerprint density at radius 2 is 1.96 bits per heavy atom. The Balaban J connectivity index is 2.29. The van der Waals surface area contributed by atoms with E-state index in [1.54, 1.807) is 13.2 Å². The molecule has 1 aromatic rings. The van der Waals surface area contributed by atoms with Crippen LogP contribution in [0.3, 0.4) is 0 Å². The summed E-state index contributed by atoms with van der Waals surface area (Å²) in [5, 5.41) is 12.7. The second-order valence-corrected chi connectivity index (χ2v) is 7.84. The second kappa shape index (κ2) is 5.71. The molecule has 1 aromatic carbocycles. The Hall–Kier alpha value is -1.75. The van der Waals surface area contributed by atoms with Gasteiger partial charge in [0.15, 0.2) is 0 Å². The van der Waals surface area contributed by atoms with Crippen molar-refractivity contribution in [2.24, 2.45) is 5.41 Å². The van der Waals surface area contributed by atoms with Crippen LogP contribution >= 0.6 is 0 Å². The van der Waals surface area contributed by atoms with Crippen molar-refractivity contribution in [3.8, 4) is 5.75 Å². The van der Waals surface area contributed by atoms with Gasteiger partial charge in [0.05, 0.1) is 13.7 Å². The number of carbonyl (C=O) groups excluding carboxylic acids is 1. The molecule has 5 heteroatoms. The molecule has 1 atom stereocenters. The Kier molecular flexibility index (Phi) is 4.37. The molecule has 0 spiro atoms. The van der Waals surface area contributed by atoms with Gasteiger partial charge in [-0.15, -0.1) is 0 Å². The second-order valence-electron chi connectivity index (χ2n) is 7.84. The Bertz CT molecular complexity index is 604. The van der Waals surface area contributed by atoms with Crippen molar-refractivity contribution < 1.29 is 19.4 Å². The molecule has 0 saturated heterocycles. The van der Waals surface area contributed by atoms with Crippen LogP contribution < -0.4 is 10.1 Å². The van der Waals surface area contributed by atoms with Gasteiger partial charge in [-0.1, -0.05) is 13.8 Å². The summed E-state index contributed by atoms with van der Waals surface area (Å²) in [6, 6.07) is 5.45. The predicted octanol–water partition coefficient (Wildman–Crippen LogP) is 3.70. The largest absolute Gasteiger partial charge is 0.496 e. The maximum absolute atomic E-state index is 11.9. The van der Waals surface area contributed by atoms with E-state index in [1.165, 1.54) is 0 Å². The zero-order chi connectivity index (χ0) is 17.5. The van der Waals surface area contributed by atoms with Crippen molar-refractivity contribution in [1.82, 2.24) is 0 Å². The number of anilines is 1. The van der Waals surface area contributed by atoms with Crippen LogP contribution in [0.1, 0.15) is 46.6 Å². The Labute approximate surface area is 138 Å². The molecule has 1 saturated carbocycles. The fourth-order valence-electron chi connectivity index (χ4n) is 3.11. The van der Waals surface area contributed by atoms with Gasteiger partial charge < -0.3 is 14.6 Å². The first-order valence-corrected chi connectivity index (χ1v) is 7.84. The van der Waals surface area contributed by atoms with Crippen LogP contribution in [0.2, 0.25) is 0 Å². The van der Waals surface area contributed by atoms with Crippen LogP contribution in [0.4, 0.5) is 10.5 Å². The fraction of sp³-hybridized carbons (Fsp3) is 0.611. The normalized spacial score (nSPS) is 22.4. The number of nitrogens with one attached hydrogen (secondary N) is 1. The molecule has 128 valence electrons. The smallest absolute Gasteiger partial charge is 0.412 e. The first-order chi connectivity index (χ1) is 10.5. The lowest BCUT2D eigenvalue weighted by atomic mass is 9.87. The first-order valence-electron chi connectivity index (χ1n) is 7.84. The standard InChI is InChI=1S/C18H27NO4/c1-16(2,3)23-15(21)19-12-7-8-14(22-6)13(9-12)18(11-20)10-17(18,4)5/h7-9,20H,10-11H2,1-6H3,(H,19,21). The summed E-state index contributed by atoms with van der Waals surface area (Å²) in [6.07, 6.45) is 0.379. The molecule has 2 rings (SSSR count). The first kappa shape index (κ1) is 17.6. The monoisotopic (exact) mass is 321 g/mol. The van der Waals surface area contributed by atoms with Gasteiger partial charge >= 0.3 is 6.09 Å². The quantitative estimate of drug-likeness (QED) is 0.887. The van der Waals surface area contributed by atoms with E-state index < -0.39 is 11.7 Å². The van der Waals surface area contributed by atoms with E-state index in [2.05, 4.69) is 19.2 Å². The number of carbonyl (C=O) groups is 1. The third-order valence-electron chi connectivity index (χ3n) is 4.54. The summed E-state index contributed by atoms with van der Waals surface area (Å²) in [5.41, 5.74) is 0.667. The molecule has 1 amide bonds. The Morgan fingerprint density at radius 1 is 1.35 bits per heavy atom. The summed E-state index contributed by atoms with van der Waals surface area (Å²) in [6.45, 7) is 9.75. The third kappa shape index (κ3) is 3.44. The van der Waals surface area contributed by atoms with Crippen molar-refractivity contribution in [2.75, 3.05) is 19.0 Å². The molecule has 23 heavy (non-hydrogen) atoms. The van der Waals surface area contributed by atoms with Crippen LogP contribution in [0.25, 0.3) is 0 Å². The minimum Gasteiger partial charge on any atom is -0.496 e. The molecule has 0 aromatic heterocycles.